The van der Waals surface area contributed by atoms with Gasteiger partial charge < -0.3 is 5.32 Å². The monoisotopic (exact) mass is 259 g/mol. The van der Waals surface area contributed by atoms with Crippen LogP contribution in [-0.2, 0) is 6.54 Å². The number of pyridine rings is 1. The number of nitrogens with zero attached hydrogens (tertiary/aromatic N) is 2. The van der Waals surface area contributed by atoms with Crippen molar-refractivity contribution in [2.24, 2.45) is 0 Å². The van der Waals surface area contributed by atoms with Crippen molar-refractivity contribution in [3.8, 4) is 0 Å². The summed E-state index contributed by atoms with van der Waals surface area (Å²) >= 11 is 0. The molecule has 0 unspecified atom stereocenters. The summed E-state index contributed by atoms with van der Waals surface area (Å²) in [6, 6.07) is 12.4. The fourth-order valence-electron chi connectivity index (χ4n) is 1.84. The van der Waals surface area contributed by atoms with Crippen LogP contribution in [0.5, 0.6) is 0 Å². The van der Waals surface area contributed by atoms with E-state index < -0.39 is 0 Å². The number of hydrogen-bond donors (Lipinski definition) is 1. The van der Waals surface area contributed by atoms with Crippen LogP contribution in [0, 0.1) is 5.82 Å². The average molecular weight is 259 g/mol. The molecule has 0 saturated carbocycles. The van der Waals surface area contributed by atoms with Gasteiger partial charge in [-0.2, -0.15) is 0 Å². The summed E-state index contributed by atoms with van der Waals surface area (Å²) in [7, 11) is 2.04. The van der Waals surface area contributed by atoms with Gasteiger partial charge in [0.1, 0.15) is 5.82 Å². The molecule has 0 aliphatic carbocycles. The Bertz CT molecular complexity index is 502. The van der Waals surface area contributed by atoms with Gasteiger partial charge in [-0.25, -0.2) is 4.39 Å². The summed E-state index contributed by atoms with van der Waals surface area (Å²) in [5.74, 6) is -0.216. The van der Waals surface area contributed by atoms with Gasteiger partial charge in [0.25, 0.3) is 0 Å². The molecule has 0 aliphatic rings. The van der Waals surface area contributed by atoms with Gasteiger partial charge in [0.05, 0.1) is 5.69 Å². The summed E-state index contributed by atoms with van der Waals surface area (Å²) in [5, 5.41) is 3.20. The van der Waals surface area contributed by atoms with Crippen molar-refractivity contribution in [3.63, 3.8) is 0 Å². The predicted molar refractivity (Wildman–Crippen MR) is 75.5 cm³/mol. The second kappa shape index (κ2) is 6.85. The number of hydrogen-bond acceptors (Lipinski definition) is 3. The average Bonchev–Trinajstić information content (AvgIpc) is 2.40. The Balaban J connectivity index is 1.73. The largest absolute Gasteiger partial charge is 0.384 e. The molecule has 1 aromatic heterocycles. The maximum atomic E-state index is 13.0. The standard InChI is InChI=1S/C15H18FN3/c1-19(12-15-6-2-3-8-17-15)10-9-18-14-7-4-5-13(16)11-14/h2-8,11,18H,9-10,12H2,1H3. The molecule has 0 saturated heterocycles. The normalized spacial score (nSPS) is 10.7. The summed E-state index contributed by atoms with van der Waals surface area (Å²) in [6.45, 7) is 2.45. The highest BCUT2D eigenvalue weighted by molar-refractivity contribution is 5.42. The molecule has 0 aliphatic heterocycles. The first-order chi connectivity index (χ1) is 9.24. The molecular weight excluding hydrogens is 241 g/mol. The van der Waals surface area contributed by atoms with Gasteiger partial charge in [-0.1, -0.05) is 12.1 Å². The maximum Gasteiger partial charge on any atom is 0.125 e. The van der Waals surface area contributed by atoms with Crippen LogP contribution in [-0.4, -0.2) is 30.0 Å². The van der Waals surface area contributed by atoms with Crippen LogP contribution in [0.4, 0.5) is 10.1 Å². The number of likely N-dealkylation sites (N-methyl/N-ethyl adjacent to an activating group) is 1. The van der Waals surface area contributed by atoms with Crippen LogP contribution in [0.1, 0.15) is 5.69 Å². The van der Waals surface area contributed by atoms with E-state index in [2.05, 4.69) is 15.2 Å². The van der Waals surface area contributed by atoms with Crippen molar-refractivity contribution in [2.75, 3.05) is 25.5 Å². The highest BCUT2D eigenvalue weighted by atomic mass is 19.1. The van der Waals surface area contributed by atoms with Crippen LogP contribution < -0.4 is 5.32 Å². The van der Waals surface area contributed by atoms with E-state index in [4.69, 9.17) is 0 Å². The molecule has 1 heterocycles. The highest BCUT2D eigenvalue weighted by Gasteiger charge is 2.01. The molecule has 1 aromatic carbocycles. The molecule has 100 valence electrons. The number of rotatable bonds is 6. The Labute approximate surface area is 113 Å². The first kappa shape index (κ1) is 13.5. The molecule has 3 nitrogen and oxygen atoms in total. The quantitative estimate of drug-likeness (QED) is 0.864. The van der Waals surface area contributed by atoms with Crippen LogP contribution in [0.15, 0.2) is 48.7 Å². The summed E-state index contributed by atoms with van der Waals surface area (Å²) in [4.78, 5) is 6.46. The van der Waals surface area contributed by atoms with E-state index in [0.29, 0.717) is 0 Å². The molecule has 4 heteroatoms. The van der Waals surface area contributed by atoms with Crippen molar-refractivity contribution < 1.29 is 4.39 Å². The molecule has 0 bridgehead atoms. The number of aromatic nitrogens is 1. The first-order valence-corrected chi connectivity index (χ1v) is 6.32. The van der Waals surface area contributed by atoms with Crippen LogP contribution >= 0.6 is 0 Å². The summed E-state index contributed by atoms with van der Waals surface area (Å²) < 4.78 is 13.0. The number of halogens is 1. The maximum absolute atomic E-state index is 13.0. The fraction of sp³-hybridized carbons (Fsp3) is 0.267. The van der Waals surface area contributed by atoms with E-state index in [1.165, 1.54) is 12.1 Å². The lowest BCUT2D eigenvalue weighted by molar-refractivity contribution is 0.335. The molecule has 2 aromatic rings. The smallest absolute Gasteiger partial charge is 0.125 e. The fourth-order valence-corrected chi connectivity index (χ4v) is 1.84. The topological polar surface area (TPSA) is 28.2 Å². The van der Waals surface area contributed by atoms with Gasteiger partial charge in [0, 0.05) is 31.5 Å². The zero-order valence-electron chi connectivity index (χ0n) is 11.0. The molecule has 0 radical (unpaired) electrons. The lowest BCUT2D eigenvalue weighted by Gasteiger charge is -2.16. The molecule has 0 atom stereocenters. The van der Waals surface area contributed by atoms with Gasteiger partial charge >= 0.3 is 0 Å². The van der Waals surface area contributed by atoms with Crippen molar-refractivity contribution >= 4 is 5.69 Å². The lowest BCUT2D eigenvalue weighted by atomic mass is 10.3. The Hall–Kier alpha value is -1.94. The van der Waals surface area contributed by atoms with E-state index in [0.717, 1.165) is 31.0 Å². The third-order valence-electron chi connectivity index (χ3n) is 2.81. The Morgan fingerprint density at radius 1 is 1.21 bits per heavy atom. The lowest BCUT2D eigenvalue weighted by Crippen LogP contribution is -2.25. The van der Waals surface area contributed by atoms with Gasteiger partial charge in [-0.15, -0.1) is 0 Å². The van der Waals surface area contributed by atoms with Crippen molar-refractivity contribution in [3.05, 3.63) is 60.2 Å². The zero-order valence-corrected chi connectivity index (χ0v) is 11.0. The number of nitrogens with one attached hydrogen (secondary N) is 1. The zero-order chi connectivity index (χ0) is 13.5. The molecule has 19 heavy (non-hydrogen) atoms. The number of benzene rings is 1. The minimum Gasteiger partial charge on any atom is -0.384 e. The van der Waals surface area contributed by atoms with E-state index in [-0.39, 0.29) is 5.82 Å². The Morgan fingerprint density at radius 3 is 2.84 bits per heavy atom. The van der Waals surface area contributed by atoms with Crippen LogP contribution in [0.25, 0.3) is 0 Å². The van der Waals surface area contributed by atoms with E-state index in [1.807, 2.05) is 31.3 Å². The molecule has 2 rings (SSSR count). The SMILES string of the molecule is CN(CCNc1cccc(F)c1)Cc1ccccn1. The second-order valence-corrected chi connectivity index (χ2v) is 4.50. The van der Waals surface area contributed by atoms with E-state index in [1.54, 1.807) is 12.3 Å². The van der Waals surface area contributed by atoms with Gasteiger partial charge in [0.2, 0.25) is 0 Å². The van der Waals surface area contributed by atoms with Gasteiger partial charge in [0.15, 0.2) is 0 Å². The van der Waals surface area contributed by atoms with Crippen molar-refractivity contribution in [1.29, 1.82) is 0 Å². The minimum atomic E-state index is -0.216. The summed E-state index contributed by atoms with van der Waals surface area (Å²) in [5.41, 5.74) is 1.86. The van der Waals surface area contributed by atoms with E-state index >= 15 is 0 Å². The van der Waals surface area contributed by atoms with Crippen molar-refractivity contribution in [1.82, 2.24) is 9.88 Å². The first-order valence-electron chi connectivity index (χ1n) is 6.32. The van der Waals surface area contributed by atoms with Crippen LogP contribution in [0.2, 0.25) is 0 Å². The molecule has 1 N–H and O–H groups in total. The molecular formula is C15H18FN3. The molecule has 0 amide bonds. The third-order valence-corrected chi connectivity index (χ3v) is 2.81. The molecule has 0 fully saturated rings. The Morgan fingerprint density at radius 2 is 2.11 bits per heavy atom. The van der Waals surface area contributed by atoms with Gasteiger partial charge in [-0.05, 0) is 37.4 Å². The Kier molecular flexibility index (Phi) is 4.86. The predicted octanol–water partition coefficient (Wildman–Crippen LogP) is 2.76. The summed E-state index contributed by atoms with van der Waals surface area (Å²) in [6.07, 6.45) is 1.80. The van der Waals surface area contributed by atoms with E-state index in [9.17, 15) is 4.39 Å². The van der Waals surface area contributed by atoms with Crippen molar-refractivity contribution in [2.45, 2.75) is 6.54 Å². The van der Waals surface area contributed by atoms with Crippen LogP contribution in [0.3, 0.4) is 0 Å². The second-order valence-electron chi connectivity index (χ2n) is 4.50. The third kappa shape index (κ3) is 4.67. The number of anilines is 1. The minimum absolute atomic E-state index is 0.216. The van der Waals surface area contributed by atoms with Gasteiger partial charge in [-0.3, -0.25) is 9.88 Å². The highest BCUT2D eigenvalue weighted by Crippen LogP contribution is 2.08. The molecule has 0 spiro atoms.